The van der Waals surface area contributed by atoms with Gasteiger partial charge in [-0.2, -0.15) is 0 Å². The second kappa shape index (κ2) is 11.4. The second-order valence-corrected chi connectivity index (χ2v) is 6.90. The zero-order valence-corrected chi connectivity index (χ0v) is 15.4. The summed E-state index contributed by atoms with van der Waals surface area (Å²) >= 11 is 0. The molecule has 162 valence electrons. The molecule has 28 heavy (non-hydrogen) atoms. The highest BCUT2D eigenvalue weighted by Crippen LogP contribution is 2.30. The number of hydrogen-bond acceptors (Lipinski definition) is 9. The molecule has 0 radical (unpaired) electrons. The summed E-state index contributed by atoms with van der Waals surface area (Å²) in [7, 11) is 0. The number of carboxylic acid groups (broad SMARTS) is 1. The third-order valence-electron chi connectivity index (χ3n) is 4.64. The van der Waals surface area contributed by atoms with E-state index in [0.29, 0.717) is 19.3 Å². The lowest BCUT2D eigenvalue weighted by molar-refractivity contribution is -0.295. The summed E-state index contributed by atoms with van der Waals surface area (Å²) in [5.41, 5.74) is 0. The predicted octanol–water partition coefficient (Wildman–Crippen LogP) is -2.35. The highest BCUT2D eigenvalue weighted by molar-refractivity contribution is 5.77. The van der Waals surface area contributed by atoms with Gasteiger partial charge in [-0.1, -0.05) is 12.8 Å². The smallest absolute Gasteiger partial charge is 0.364 e. The van der Waals surface area contributed by atoms with Gasteiger partial charge in [-0.3, -0.25) is 4.79 Å². The van der Waals surface area contributed by atoms with Crippen LogP contribution in [0.15, 0.2) is 0 Å². The van der Waals surface area contributed by atoms with Crippen molar-refractivity contribution in [3.63, 3.8) is 0 Å². The van der Waals surface area contributed by atoms with Gasteiger partial charge in [0.1, 0.15) is 24.6 Å². The number of unbranched alkanes of at least 4 members (excludes halogenated alkanes) is 4. The van der Waals surface area contributed by atoms with Crippen molar-refractivity contribution in [2.24, 2.45) is 0 Å². The number of hydrogen-bond donors (Lipinski definition) is 7. The first-order valence-corrected chi connectivity index (χ1v) is 9.18. The van der Waals surface area contributed by atoms with Gasteiger partial charge in [-0.05, 0) is 12.8 Å². The van der Waals surface area contributed by atoms with Crippen molar-refractivity contribution in [2.45, 2.75) is 81.2 Å². The molecular formula is C17H29NO10. The molecule has 1 amide bonds. The van der Waals surface area contributed by atoms with E-state index < -0.39 is 61.1 Å². The molecule has 0 aromatic carbocycles. The average molecular weight is 407 g/mol. The van der Waals surface area contributed by atoms with Crippen molar-refractivity contribution in [1.29, 1.82) is 0 Å². The van der Waals surface area contributed by atoms with Gasteiger partial charge in [0.25, 0.3) is 5.79 Å². The Morgan fingerprint density at radius 1 is 1.21 bits per heavy atom. The van der Waals surface area contributed by atoms with E-state index >= 15 is 0 Å². The van der Waals surface area contributed by atoms with E-state index in [1.54, 1.807) is 0 Å². The Bertz CT molecular complexity index is 530. The lowest BCUT2D eigenvalue weighted by Gasteiger charge is -2.44. The Kier molecular flexibility index (Phi) is 9.93. The summed E-state index contributed by atoms with van der Waals surface area (Å²) < 4.78 is 5.00. The molecule has 1 aliphatic heterocycles. The van der Waals surface area contributed by atoms with Crippen LogP contribution < -0.4 is 5.32 Å². The molecule has 1 rings (SSSR count). The van der Waals surface area contributed by atoms with E-state index in [0.717, 1.165) is 19.1 Å². The van der Waals surface area contributed by atoms with Crippen LogP contribution in [0.3, 0.4) is 0 Å². The Balaban J connectivity index is 2.75. The zero-order valence-electron chi connectivity index (χ0n) is 15.4. The third kappa shape index (κ3) is 6.76. The van der Waals surface area contributed by atoms with Gasteiger partial charge in [0.2, 0.25) is 5.91 Å². The van der Waals surface area contributed by atoms with Crippen LogP contribution in [-0.4, -0.2) is 91.7 Å². The first kappa shape index (κ1) is 24.4. The normalized spacial score (nSPS) is 29.7. The summed E-state index contributed by atoms with van der Waals surface area (Å²) in [6.07, 6.45) is -3.57. The fourth-order valence-electron chi connectivity index (χ4n) is 3.03. The van der Waals surface area contributed by atoms with E-state index in [1.165, 1.54) is 0 Å². The fourth-order valence-corrected chi connectivity index (χ4v) is 3.03. The molecule has 1 aliphatic rings. The molecule has 0 aromatic rings. The van der Waals surface area contributed by atoms with Gasteiger partial charge in [0.05, 0.1) is 18.8 Å². The Hall–Kier alpha value is -1.63. The minimum Gasteiger partial charge on any atom is -0.477 e. The van der Waals surface area contributed by atoms with E-state index in [9.17, 15) is 34.8 Å². The predicted molar refractivity (Wildman–Crippen MR) is 92.9 cm³/mol. The minimum absolute atomic E-state index is 0.0822. The molecule has 1 unspecified atom stereocenters. The first-order valence-electron chi connectivity index (χ1n) is 9.18. The summed E-state index contributed by atoms with van der Waals surface area (Å²) in [5.74, 6) is -5.12. The molecule has 0 aromatic heterocycles. The highest BCUT2D eigenvalue weighted by atomic mass is 16.7. The number of aliphatic carboxylic acids is 1. The molecule has 1 heterocycles. The monoisotopic (exact) mass is 407 g/mol. The lowest BCUT2D eigenvalue weighted by atomic mass is 9.88. The van der Waals surface area contributed by atoms with Crippen molar-refractivity contribution in [1.82, 2.24) is 5.32 Å². The summed E-state index contributed by atoms with van der Waals surface area (Å²) in [4.78, 5) is 33.6. The molecule has 7 N–H and O–H groups in total. The van der Waals surface area contributed by atoms with Gasteiger partial charge < -0.3 is 45.5 Å². The van der Waals surface area contributed by atoms with Crippen LogP contribution in [0.4, 0.5) is 0 Å². The maximum atomic E-state index is 12.1. The van der Waals surface area contributed by atoms with Crippen LogP contribution in [0.25, 0.3) is 0 Å². The molecule has 11 heteroatoms. The summed E-state index contributed by atoms with van der Waals surface area (Å²) in [5, 5.41) is 60.5. The molecule has 0 saturated carbocycles. The summed E-state index contributed by atoms with van der Waals surface area (Å²) in [6.45, 7) is -0.885. The van der Waals surface area contributed by atoms with E-state index in [-0.39, 0.29) is 6.42 Å². The maximum Gasteiger partial charge on any atom is 0.364 e. The van der Waals surface area contributed by atoms with Crippen molar-refractivity contribution in [3.8, 4) is 0 Å². The maximum absolute atomic E-state index is 12.1. The molecule has 0 spiro atoms. The molecule has 1 fully saturated rings. The largest absolute Gasteiger partial charge is 0.477 e. The number of aliphatic hydroxyl groups is 5. The van der Waals surface area contributed by atoms with Gasteiger partial charge in [-0.15, -0.1) is 0 Å². The van der Waals surface area contributed by atoms with Crippen LogP contribution in [0, 0.1) is 0 Å². The molecule has 1 saturated heterocycles. The minimum atomic E-state index is -2.82. The van der Waals surface area contributed by atoms with Crippen LogP contribution in [-0.2, 0) is 19.1 Å². The Labute approximate surface area is 161 Å². The van der Waals surface area contributed by atoms with Gasteiger partial charge in [0.15, 0.2) is 0 Å². The average Bonchev–Trinajstić information content (AvgIpc) is 2.65. The number of ether oxygens (including phenoxy) is 1. The number of carbonyl (C=O) groups is 3. The van der Waals surface area contributed by atoms with Crippen LogP contribution in [0.2, 0.25) is 0 Å². The molecule has 0 aliphatic carbocycles. The van der Waals surface area contributed by atoms with Gasteiger partial charge >= 0.3 is 5.97 Å². The quantitative estimate of drug-likeness (QED) is 0.136. The number of amides is 1. The topological polar surface area (TPSA) is 194 Å². The van der Waals surface area contributed by atoms with Crippen molar-refractivity contribution in [2.75, 3.05) is 6.61 Å². The van der Waals surface area contributed by atoms with E-state index in [1.807, 2.05) is 0 Å². The molecule has 0 bridgehead atoms. The van der Waals surface area contributed by atoms with Crippen LogP contribution in [0.1, 0.15) is 44.9 Å². The lowest BCUT2D eigenvalue weighted by Crippen LogP contribution is -2.67. The standard InChI is InChI=1S/C17H29NO10/c19-7-5-3-1-2-4-6-12(23)18-13-10(21)8-17(27,16(25)26)28-15(13)14(24)11(22)9-20/h7,10-11,13-15,20-22,24,27H,1-6,8-9H2,(H,18,23)(H,25,26)/t10-,11+,13+,14+,15+,17?/m0/s1. The van der Waals surface area contributed by atoms with Gasteiger partial charge in [-0.25, -0.2) is 4.79 Å². The Morgan fingerprint density at radius 2 is 1.86 bits per heavy atom. The van der Waals surface area contributed by atoms with Crippen LogP contribution in [0.5, 0.6) is 0 Å². The molecule has 11 nitrogen and oxygen atoms in total. The second-order valence-electron chi connectivity index (χ2n) is 6.90. The molecule has 6 atom stereocenters. The van der Waals surface area contributed by atoms with Crippen LogP contribution >= 0.6 is 0 Å². The zero-order chi connectivity index (χ0) is 21.3. The number of aliphatic hydroxyl groups excluding tert-OH is 4. The van der Waals surface area contributed by atoms with Crippen molar-refractivity contribution >= 4 is 18.2 Å². The summed E-state index contributed by atoms with van der Waals surface area (Å²) in [6, 6.07) is -1.31. The number of carbonyl (C=O) groups excluding carboxylic acids is 2. The number of nitrogens with one attached hydrogen (secondary N) is 1. The van der Waals surface area contributed by atoms with Gasteiger partial charge in [0, 0.05) is 19.3 Å². The first-order chi connectivity index (χ1) is 13.2. The number of carboxylic acids is 1. The highest BCUT2D eigenvalue weighted by Gasteiger charge is 2.53. The van der Waals surface area contributed by atoms with Crippen molar-refractivity contribution in [3.05, 3.63) is 0 Å². The number of aldehydes is 1. The third-order valence-corrected chi connectivity index (χ3v) is 4.64. The SMILES string of the molecule is O=CCCCCCCC(=O)N[C@H]1[C@H]([C@H](O)[C@H](O)CO)OC(O)(C(=O)O)C[C@@H]1O. The molecular weight excluding hydrogens is 378 g/mol. The van der Waals surface area contributed by atoms with E-state index in [4.69, 9.17) is 14.9 Å². The fraction of sp³-hybridized carbons (Fsp3) is 0.824. The Morgan fingerprint density at radius 3 is 2.43 bits per heavy atom. The van der Waals surface area contributed by atoms with E-state index in [2.05, 4.69) is 5.32 Å². The number of rotatable bonds is 12. The van der Waals surface area contributed by atoms with Crippen molar-refractivity contribution < 1.29 is 49.8 Å².